The molecule has 0 aliphatic heterocycles. The molecule has 0 saturated carbocycles. The summed E-state index contributed by atoms with van der Waals surface area (Å²) >= 11 is 6.09. The van der Waals surface area contributed by atoms with Crippen molar-refractivity contribution >= 4 is 17.3 Å². The van der Waals surface area contributed by atoms with E-state index in [4.69, 9.17) is 21.6 Å². The maximum Gasteiger partial charge on any atom is 0.174 e. The molecule has 1 unspecified atom stereocenters. The van der Waals surface area contributed by atoms with Gasteiger partial charge < -0.3 is 10.1 Å². The third kappa shape index (κ3) is 3.62. The van der Waals surface area contributed by atoms with Gasteiger partial charge in [0.15, 0.2) is 6.61 Å². The molecule has 0 aliphatic rings. The minimum Gasteiger partial charge on any atom is -0.479 e. The van der Waals surface area contributed by atoms with Crippen LogP contribution in [0.3, 0.4) is 0 Å². The summed E-state index contributed by atoms with van der Waals surface area (Å²) in [6, 6.07) is 11.4. The van der Waals surface area contributed by atoms with Crippen molar-refractivity contribution in [3.05, 3.63) is 53.3 Å². The summed E-state index contributed by atoms with van der Waals surface area (Å²) in [6.07, 6.45) is 3.35. The number of ether oxygens (including phenoxy) is 1. The normalized spacial score (nSPS) is 11.4. The van der Waals surface area contributed by atoms with Crippen LogP contribution in [0.2, 0.25) is 5.02 Å². The van der Waals surface area contributed by atoms with E-state index in [2.05, 4.69) is 10.3 Å². The Labute approximate surface area is 123 Å². The maximum absolute atomic E-state index is 8.46. The van der Waals surface area contributed by atoms with Crippen LogP contribution in [-0.4, -0.2) is 11.6 Å². The second-order valence-electron chi connectivity index (χ2n) is 4.24. The molecule has 2 aromatic rings. The zero-order valence-corrected chi connectivity index (χ0v) is 11.8. The number of nitrogens with one attached hydrogen (secondary N) is 1. The summed E-state index contributed by atoms with van der Waals surface area (Å²) in [6.45, 7) is 2.09. The lowest BCUT2D eigenvalue weighted by molar-refractivity contribution is 0.368. The highest BCUT2D eigenvalue weighted by molar-refractivity contribution is 6.33. The van der Waals surface area contributed by atoms with Gasteiger partial charge in [-0.3, -0.25) is 4.98 Å². The molecular weight excluding hydrogens is 274 g/mol. The zero-order chi connectivity index (χ0) is 14.4. The molecule has 0 radical (unpaired) electrons. The molecule has 1 aromatic carbocycles. The van der Waals surface area contributed by atoms with E-state index in [0.29, 0.717) is 10.8 Å². The van der Waals surface area contributed by atoms with Gasteiger partial charge in [-0.05, 0) is 30.7 Å². The Morgan fingerprint density at radius 1 is 1.35 bits per heavy atom. The van der Waals surface area contributed by atoms with Crippen molar-refractivity contribution in [2.45, 2.75) is 13.0 Å². The summed E-state index contributed by atoms with van der Waals surface area (Å²) < 4.78 is 5.21. The lowest BCUT2D eigenvalue weighted by atomic mass is 10.1. The van der Waals surface area contributed by atoms with E-state index < -0.39 is 0 Å². The van der Waals surface area contributed by atoms with E-state index in [0.717, 1.165) is 11.3 Å². The highest BCUT2D eigenvalue weighted by atomic mass is 35.5. The lowest BCUT2D eigenvalue weighted by Crippen LogP contribution is -2.07. The van der Waals surface area contributed by atoms with Gasteiger partial charge in [-0.15, -0.1) is 0 Å². The van der Waals surface area contributed by atoms with Crippen molar-refractivity contribution < 1.29 is 4.74 Å². The van der Waals surface area contributed by atoms with Crippen LogP contribution in [-0.2, 0) is 0 Å². The molecule has 1 heterocycles. The van der Waals surface area contributed by atoms with Crippen LogP contribution < -0.4 is 10.1 Å². The average Bonchev–Trinajstić information content (AvgIpc) is 2.48. The van der Waals surface area contributed by atoms with E-state index in [1.807, 2.05) is 37.3 Å². The Morgan fingerprint density at radius 2 is 2.10 bits per heavy atom. The van der Waals surface area contributed by atoms with E-state index in [-0.39, 0.29) is 12.6 Å². The number of nitrogens with zero attached hydrogens (tertiary/aromatic N) is 2. The molecule has 102 valence electrons. The Morgan fingerprint density at radius 3 is 2.75 bits per heavy atom. The number of pyridine rings is 1. The molecule has 0 saturated heterocycles. The number of halogens is 1. The van der Waals surface area contributed by atoms with Crippen molar-refractivity contribution in [1.29, 1.82) is 5.26 Å². The summed E-state index contributed by atoms with van der Waals surface area (Å²) in [4.78, 5) is 4.04. The standard InChI is InChI=1S/C15H14ClN3O/c1-11(19-15-10-18-8-6-14(15)16)12-2-4-13(5-3-12)20-9-7-17/h2-6,8,10-11,19H,9H2,1H3. The molecule has 5 heteroatoms. The van der Waals surface area contributed by atoms with Gasteiger partial charge in [0.2, 0.25) is 0 Å². The van der Waals surface area contributed by atoms with Crippen molar-refractivity contribution in [3.63, 3.8) is 0 Å². The van der Waals surface area contributed by atoms with E-state index in [1.165, 1.54) is 0 Å². The Bertz CT molecular complexity index is 607. The second kappa shape index (κ2) is 6.78. The van der Waals surface area contributed by atoms with Crippen molar-refractivity contribution in [1.82, 2.24) is 4.98 Å². The number of hydrogen-bond acceptors (Lipinski definition) is 4. The first-order chi connectivity index (χ1) is 9.70. The molecule has 2 rings (SSSR count). The van der Waals surface area contributed by atoms with Crippen molar-refractivity contribution in [3.8, 4) is 11.8 Å². The van der Waals surface area contributed by atoms with Gasteiger partial charge in [-0.2, -0.15) is 5.26 Å². The molecular formula is C15H14ClN3O. The first kappa shape index (κ1) is 14.2. The number of benzene rings is 1. The quantitative estimate of drug-likeness (QED) is 0.908. The Hall–Kier alpha value is -2.25. The molecule has 0 spiro atoms. The molecule has 0 amide bonds. The van der Waals surface area contributed by atoms with Crippen LogP contribution in [0.5, 0.6) is 5.75 Å². The SMILES string of the molecule is CC(Nc1cnccc1Cl)c1ccc(OCC#N)cc1. The van der Waals surface area contributed by atoms with E-state index in [9.17, 15) is 0 Å². The number of aromatic nitrogens is 1. The number of hydrogen-bond donors (Lipinski definition) is 1. The molecule has 0 bridgehead atoms. The van der Waals surface area contributed by atoms with Crippen molar-refractivity contribution in [2.75, 3.05) is 11.9 Å². The third-order valence-electron chi connectivity index (χ3n) is 2.82. The van der Waals surface area contributed by atoms with Crippen LogP contribution in [0.15, 0.2) is 42.7 Å². The largest absolute Gasteiger partial charge is 0.479 e. The number of nitriles is 1. The molecule has 1 atom stereocenters. The fraction of sp³-hybridized carbons (Fsp3) is 0.200. The first-order valence-corrected chi connectivity index (χ1v) is 6.54. The summed E-state index contributed by atoms with van der Waals surface area (Å²) in [5.74, 6) is 0.682. The van der Waals surface area contributed by atoms with Gasteiger partial charge in [-0.25, -0.2) is 0 Å². The fourth-order valence-corrected chi connectivity index (χ4v) is 1.93. The van der Waals surface area contributed by atoms with Gasteiger partial charge in [0.1, 0.15) is 11.8 Å². The maximum atomic E-state index is 8.46. The van der Waals surface area contributed by atoms with Gasteiger partial charge in [0.05, 0.1) is 16.9 Å². The van der Waals surface area contributed by atoms with Gasteiger partial charge in [0.25, 0.3) is 0 Å². The average molecular weight is 288 g/mol. The van der Waals surface area contributed by atoms with Crippen LogP contribution in [0.4, 0.5) is 5.69 Å². The zero-order valence-electron chi connectivity index (χ0n) is 11.0. The minimum atomic E-state index is 0.0540. The Kier molecular flexibility index (Phi) is 4.80. The van der Waals surface area contributed by atoms with Gasteiger partial charge in [0, 0.05) is 12.2 Å². The van der Waals surface area contributed by atoms with Crippen LogP contribution in [0, 0.1) is 11.3 Å². The molecule has 1 aromatic heterocycles. The molecule has 0 fully saturated rings. The van der Waals surface area contributed by atoms with E-state index in [1.54, 1.807) is 18.5 Å². The third-order valence-corrected chi connectivity index (χ3v) is 3.15. The van der Waals surface area contributed by atoms with Crippen molar-refractivity contribution in [2.24, 2.45) is 0 Å². The predicted molar refractivity (Wildman–Crippen MR) is 78.8 cm³/mol. The van der Waals surface area contributed by atoms with Crippen LogP contribution in [0.1, 0.15) is 18.5 Å². The first-order valence-electron chi connectivity index (χ1n) is 6.16. The molecule has 4 nitrogen and oxygen atoms in total. The fourth-order valence-electron chi connectivity index (χ4n) is 1.77. The predicted octanol–water partition coefficient (Wildman–Crippen LogP) is 3.81. The molecule has 20 heavy (non-hydrogen) atoms. The second-order valence-corrected chi connectivity index (χ2v) is 4.64. The van der Waals surface area contributed by atoms with Crippen LogP contribution in [0.25, 0.3) is 0 Å². The number of anilines is 1. The summed E-state index contributed by atoms with van der Waals surface area (Å²) in [7, 11) is 0. The smallest absolute Gasteiger partial charge is 0.174 e. The molecule has 1 N–H and O–H groups in total. The summed E-state index contributed by atoms with van der Waals surface area (Å²) in [5.41, 5.74) is 1.89. The molecule has 0 aliphatic carbocycles. The number of rotatable bonds is 5. The summed E-state index contributed by atoms with van der Waals surface area (Å²) in [5, 5.41) is 12.4. The monoisotopic (exact) mass is 287 g/mol. The minimum absolute atomic E-state index is 0.0540. The topological polar surface area (TPSA) is 57.9 Å². The van der Waals surface area contributed by atoms with Gasteiger partial charge in [-0.1, -0.05) is 23.7 Å². The van der Waals surface area contributed by atoms with E-state index >= 15 is 0 Å². The Balaban J connectivity index is 2.04. The highest BCUT2D eigenvalue weighted by Gasteiger charge is 2.07. The van der Waals surface area contributed by atoms with Gasteiger partial charge >= 0.3 is 0 Å². The lowest BCUT2D eigenvalue weighted by Gasteiger charge is -2.16. The highest BCUT2D eigenvalue weighted by Crippen LogP contribution is 2.25. The van der Waals surface area contributed by atoms with Crippen LogP contribution >= 0.6 is 11.6 Å².